The van der Waals surface area contributed by atoms with E-state index in [1.165, 1.54) is 11.1 Å². The van der Waals surface area contributed by atoms with Crippen LogP contribution in [0.3, 0.4) is 0 Å². The van der Waals surface area contributed by atoms with Crippen molar-refractivity contribution in [1.29, 1.82) is 5.26 Å². The highest BCUT2D eigenvalue weighted by atomic mass is 32.1. The Morgan fingerprint density at radius 1 is 1.24 bits per heavy atom. The Kier molecular flexibility index (Phi) is 3.83. The van der Waals surface area contributed by atoms with Crippen LogP contribution in [0.15, 0.2) is 48.1 Å². The third kappa shape index (κ3) is 2.61. The number of thiazole rings is 1. The van der Waals surface area contributed by atoms with Gasteiger partial charge in [-0.3, -0.25) is 9.38 Å². The summed E-state index contributed by atoms with van der Waals surface area (Å²) in [5.41, 5.74) is 7.37. The molecular weight excluding hydrogens is 328 g/mol. The van der Waals surface area contributed by atoms with Gasteiger partial charge in [-0.15, -0.1) is 11.3 Å². The lowest BCUT2D eigenvalue weighted by Crippen LogP contribution is -1.96. The number of benzene rings is 1. The summed E-state index contributed by atoms with van der Waals surface area (Å²) >= 11 is 1.59. The lowest BCUT2D eigenvalue weighted by Gasteiger charge is -2.07. The minimum atomic E-state index is 0.313. The van der Waals surface area contributed by atoms with Gasteiger partial charge in [0.15, 0.2) is 4.96 Å². The maximum atomic E-state index is 9.38. The van der Waals surface area contributed by atoms with E-state index in [2.05, 4.69) is 52.9 Å². The van der Waals surface area contributed by atoms with Crippen LogP contribution < -0.4 is 0 Å². The van der Waals surface area contributed by atoms with Crippen molar-refractivity contribution in [2.24, 2.45) is 0 Å². The van der Waals surface area contributed by atoms with Gasteiger partial charge in [0.25, 0.3) is 0 Å². The lowest BCUT2D eigenvalue weighted by atomic mass is 10.0. The topological polar surface area (TPSA) is 54.0 Å². The monoisotopic (exact) mass is 344 g/mol. The molecule has 0 aliphatic carbocycles. The second-order valence-corrected chi connectivity index (χ2v) is 6.88. The molecule has 0 atom stereocenters. The van der Waals surface area contributed by atoms with Crippen molar-refractivity contribution < 1.29 is 0 Å². The van der Waals surface area contributed by atoms with Crippen LogP contribution in [0.5, 0.6) is 0 Å². The number of nitriles is 1. The third-order valence-electron chi connectivity index (χ3n) is 4.30. The molecule has 0 saturated heterocycles. The molecule has 0 aliphatic rings. The van der Waals surface area contributed by atoms with Gasteiger partial charge >= 0.3 is 0 Å². The summed E-state index contributed by atoms with van der Waals surface area (Å²) < 4.78 is 2.10. The zero-order valence-corrected chi connectivity index (χ0v) is 14.8. The van der Waals surface area contributed by atoms with Gasteiger partial charge < -0.3 is 0 Å². The molecule has 0 fully saturated rings. The Bertz CT molecular complexity index is 1100. The molecule has 0 amide bonds. The Balaban J connectivity index is 1.99. The quantitative estimate of drug-likeness (QED) is 0.536. The smallest absolute Gasteiger partial charge is 0.194 e. The summed E-state index contributed by atoms with van der Waals surface area (Å²) in [5.74, 6) is 0. The number of hydrogen-bond acceptors (Lipinski definition) is 4. The predicted molar refractivity (Wildman–Crippen MR) is 101 cm³/mol. The summed E-state index contributed by atoms with van der Waals surface area (Å²) in [5, 5.41) is 11.5. The van der Waals surface area contributed by atoms with Crippen molar-refractivity contribution in [1.82, 2.24) is 14.4 Å². The minimum absolute atomic E-state index is 0.313. The van der Waals surface area contributed by atoms with Crippen LogP contribution in [0, 0.1) is 25.2 Å². The van der Waals surface area contributed by atoms with Crippen LogP contribution in [0.25, 0.3) is 27.5 Å². The van der Waals surface area contributed by atoms with Gasteiger partial charge in [0.1, 0.15) is 0 Å². The van der Waals surface area contributed by atoms with Gasteiger partial charge in [-0.2, -0.15) is 5.26 Å². The van der Waals surface area contributed by atoms with E-state index in [1.54, 1.807) is 17.5 Å². The minimum Gasteiger partial charge on any atom is -0.285 e. The lowest BCUT2D eigenvalue weighted by molar-refractivity contribution is 1.08. The average Bonchev–Trinajstić information content (AvgIpc) is 3.16. The zero-order chi connectivity index (χ0) is 17.4. The van der Waals surface area contributed by atoms with Crippen LogP contribution in [-0.4, -0.2) is 14.4 Å². The fraction of sp³-hybridized carbons (Fsp3) is 0.150. The summed E-state index contributed by atoms with van der Waals surface area (Å²) in [6, 6.07) is 12.6. The molecule has 4 aromatic rings. The number of aromatic nitrogens is 3. The molecule has 3 aromatic heterocycles. The molecule has 0 radical (unpaired) electrons. The molecule has 0 spiro atoms. The first-order valence-corrected chi connectivity index (χ1v) is 8.91. The normalized spacial score (nSPS) is 10.9. The highest BCUT2D eigenvalue weighted by molar-refractivity contribution is 7.15. The second kappa shape index (κ2) is 6.15. The Hall–Kier alpha value is -2.97. The third-order valence-corrected chi connectivity index (χ3v) is 5.13. The summed E-state index contributed by atoms with van der Waals surface area (Å²) in [4.78, 5) is 9.97. The van der Waals surface area contributed by atoms with Gasteiger partial charge in [0.05, 0.1) is 29.6 Å². The molecule has 25 heavy (non-hydrogen) atoms. The number of aryl methyl sites for hydroxylation is 2. The molecule has 0 bridgehead atoms. The fourth-order valence-electron chi connectivity index (χ4n) is 3.16. The summed E-state index contributed by atoms with van der Waals surface area (Å²) in [6.07, 6.45) is 3.92. The highest BCUT2D eigenvalue weighted by Crippen LogP contribution is 2.34. The van der Waals surface area contributed by atoms with Gasteiger partial charge in [-0.05, 0) is 31.5 Å². The standard InChI is InChI=1S/C20H16N4S/c1-13-5-6-16(14(2)10-13)19-17(7-8-21)24-18(12-25-20(24)23-19)15-4-3-9-22-11-15/h3-6,9-12H,7H2,1-2H3. The van der Waals surface area contributed by atoms with Crippen LogP contribution in [-0.2, 0) is 6.42 Å². The van der Waals surface area contributed by atoms with Crippen LogP contribution >= 0.6 is 11.3 Å². The largest absolute Gasteiger partial charge is 0.285 e. The van der Waals surface area contributed by atoms with Crippen molar-refractivity contribution in [2.75, 3.05) is 0 Å². The summed E-state index contributed by atoms with van der Waals surface area (Å²) in [6.45, 7) is 4.17. The van der Waals surface area contributed by atoms with E-state index < -0.39 is 0 Å². The average molecular weight is 344 g/mol. The maximum absolute atomic E-state index is 9.38. The molecule has 0 aliphatic heterocycles. The second-order valence-electron chi connectivity index (χ2n) is 6.04. The van der Waals surface area contributed by atoms with Gasteiger partial charge in [0, 0.05) is 28.9 Å². The number of nitrogens with zero attached hydrogens (tertiary/aromatic N) is 4. The van der Waals surface area contributed by atoms with E-state index in [9.17, 15) is 5.26 Å². The number of hydrogen-bond donors (Lipinski definition) is 0. The van der Waals surface area contributed by atoms with E-state index in [0.717, 1.165) is 33.2 Å². The molecule has 4 nitrogen and oxygen atoms in total. The van der Waals surface area contributed by atoms with Gasteiger partial charge in [-0.25, -0.2) is 4.98 Å². The van der Waals surface area contributed by atoms with E-state index in [1.807, 2.05) is 18.3 Å². The summed E-state index contributed by atoms with van der Waals surface area (Å²) in [7, 11) is 0. The zero-order valence-electron chi connectivity index (χ0n) is 14.0. The molecule has 5 heteroatoms. The molecule has 122 valence electrons. The Labute approximate surface area is 150 Å². The molecule has 3 heterocycles. The number of imidazole rings is 1. The van der Waals surface area contributed by atoms with Crippen molar-refractivity contribution in [3.05, 3.63) is 64.9 Å². The van der Waals surface area contributed by atoms with Crippen LogP contribution in [0.1, 0.15) is 16.8 Å². The number of fused-ring (bicyclic) bond motifs is 1. The first-order chi connectivity index (χ1) is 12.2. The van der Waals surface area contributed by atoms with Crippen molar-refractivity contribution in [3.8, 4) is 28.6 Å². The molecule has 4 rings (SSSR count). The van der Waals surface area contributed by atoms with Crippen molar-refractivity contribution in [3.63, 3.8) is 0 Å². The Morgan fingerprint density at radius 3 is 2.84 bits per heavy atom. The SMILES string of the molecule is Cc1ccc(-c2nc3scc(-c4cccnc4)n3c2CC#N)c(C)c1. The van der Waals surface area contributed by atoms with E-state index in [-0.39, 0.29) is 0 Å². The first-order valence-electron chi connectivity index (χ1n) is 8.03. The molecule has 0 unspecified atom stereocenters. The molecule has 0 N–H and O–H groups in total. The highest BCUT2D eigenvalue weighted by Gasteiger charge is 2.19. The van der Waals surface area contributed by atoms with Crippen molar-refractivity contribution >= 4 is 16.3 Å². The fourth-order valence-corrected chi connectivity index (χ4v) is 4.08. The van der Waals surface area contributed by atoms with E-state index in [0.29, 0.717) is 6.42 Å². The number of rotatable bonds is 3. The van der Waals surface area contributed by atoms with Gasteiger partial charge in [0.2, 0.25) is 0 Å². The maximum Gasteiger partial charge on any atom is 0.194 e. The van der Waals surface area contributed by atoms with E-state index >= 15 is 0 Å². The molecular formula is C20H16N4S. The van der Waals surface area contributed by atoms with Crippen LogP contribution in [0.4, 0.5) is 0 Å². The molecule has 1 aromatic carbocycles. The predicted octanol–water partition coefficient (Wildman–Crippen LogP) is 4.81. The van der Waals surface area contributed by atoms with Gasteiger partial charge in [-0.1, -0.05) is 23.8 Å². The van der Waals surface area contributed by atoms with Crippen molar-refractivity contribution in [2.45, 2.75) is 20.3 Å². The first kappa shape index (κ1) is 15.6. The molecule has 0 saturated carbocycles. The number of pyridine rings is 1. The van der Waals surface area contributed by atoms with E-state index in [4.69, 9.17) is 4.98 Å². The van der Waals surface area contributed by atoms with Crippen LogP contribution in [0.2, 0.25) is 0 Å². The Morgan fingerprint density at radius 2 is 2.12 bits per heavy atom.